The fourth-order valence-electron chi connectivity index (χ4n) is 2.70. The smallest absolute Gasteiger partial charge is 0.233 e. The van der Waals surface area contributed by atoms with Crippen molar-refractivity contribution in [2.75, 3.05) is 0 Å². The first kappa shape index (κ1) is 16.6. The highest BCUT2D eigenvalue weighted by molar-refractivity contribution is 7.10. The molecule has 0 radical (unpaired) electrons. The fourth-order valence-corrected chi connectivity index (χ4v) is 3.49. The van der Waals surface area contributed by atoms with E-state index < -0.39 is 0 Å². The van der Waals surface area contributed by atoms with E-state index in [1.54, 1.807) is 23.5 Å². The van der Waals surface area contributed by atoms with E-state index in [0.717, 1.165) is 21.8 Å². The van der Waals surface area contributed by atoms with Gasteiger partial charge in [0.1, 0.15) is 10.8 Å². The molecule has 0 spiro atoms. The zero-order chi connectivity index (χ0) is 18.1. The lowest BCUT2D eigenvalue weighted by Crippen LogP contribution is -1.90. The van der Waals surface area contributed by atoms with Gasteiger partial charge in [-0.15, -0.1) is 11.3 Å². The number of benzene rings is 2. The highest BCUT2D eigenvalue weighted by atomic mass is 32.1. The summed E-state index contributed by atoms with van der Waals surface area (Å²) in [6.07, 6.45) is 0.476. The molecule has 0 saturated heterocycles. The van der Waals surface area contributed by atoms with Gasteiger partial charge in [-0.25, -0.2) is 9.37 Å². The van der Waals surface area contributed by atoms with Crippen molar-refractivity contribution in [2.45, 2.75) is 20.3 Å². The van der Waals surface area contributed by atoms with Crippen molar-refractivity contribution in [1.29, 1.82) is 0 Å². The number of aromatic nitrogens is 3. The van der Waals surface area contributed by atoms with Crippen LogP contribution in [0.4, 0.5) is 4.39 Å². The molecular formula is C20H16FN3OS. The molecule has 2 aromatic carbocycles. The van der Waals surface area contributed by atoms with Gasteiger partial charge in [-0.05, 0) is 49.7 Å². The minimum Gasteiger partial charge on any atom is -0.339 e. The molecule has 4 aromatic rings. The van der Waals surface area contributed by atoms with Gasteiger partial charge in [0.25, 0.3) is 0 Å². The third-order valence-electron chi connectivity index (χ3n) is 4.09. The summed E-state index contributed by atoms with van der Waals surface area (Å²) in [5, 5.41) is 6.93. The molecule has 0 fully saturated rings. The normalized spacial score (nSPS) is 11.0. The van der Waals surface area contributed by atoms with Gasteiger partial charge in [0.2, 0.25) is 11.7 Å². The monoisotopic (exact) mass is 365 g/mol. The van der Waals surface area contributed by atoms with Gasteiger partial charge in [0.05, 0.1) is 12.1 Å². The van der Waals surface area contributed by atoms with Crippen molar-refractivity contribution >= 4 is 11.3 Å². The lowest BCUT2D eigenvalue weighted by Gasteiger charge is -2.03. The summed E-state index contributed by atoms with van der Waals surface area (Å²) >= 11 is 1.57. The summed E-state index contributed by atoms with van der Waals surface area (Å²) in [4.78, 5) is 9.10. The molecule has 0 aliphatic heterocycles. The quantitative estimate of drug-likeness (QED) is 0.498. The second-order valence-electron chi connectivity index (χ2n) is 6.14. The summed E-state index contributed by atoms with van der Waals surface area (Å²) in [5.41, 5.74) is 5.23. The Balaban J connectivity index is 1.55. The van der Waals surface area contributed by atoms with E-state index in [2.05, 4.69) is 42.2 Å². The average Bonchev–Trinajstić information content (AvgIpc) is 3.28. The van der Waals surface area contributed by atoms with Crippen molar-refractivity contribution in [1.82, 2.24) is 15.1 Å². The van der Waals surface area contributed by atoms with E-state index in [4.69, 9.17) is 9.51 Å². The number of nitrogens with zero attached hydrogens (tertiary/aromatic N) is 3. The lowest BCUT2D eigenvalue weighted by atomic mass is 10.0. The molecule has 4 nitrogen and oxygen atoms in total. The molecule has 0 bridgehead atoms. The Morgan fingerprint density at radius 3 is 2.65 bits per heavy atom. The third-order valence-corrected chi connectivity index (χ3v) is 4.94. The van der Waals surface area contributed by atoms with Crippen LogP contribution in [-0.4, -0.2) is 15.1 Å². The molecule has 0 N–H and O–H groups in total. The minimum atomic E-state index is -0.292. The highest BCUT2D eigenvalue weighted by Gasteiger charge is 2.13. The van der Waals surface area contributed by atoms with E-state index >= 15 is 0 Å². The van der Waals surface area contributed by atoms with Gasteiger partial charge in [-0.2, -0.15) is 4.98 Å². The standard InChI is InChI=1S/C20H16FN3OS/c1-12-3-4-13(2)16(9-12)17-11-26-19(22-17)10-18-23-20(24-25-18)14-5-7-15(21)8-6-14/h3-9,11H,10H2,1-2H3. The Bertz CT molecular complexity index is 1050. The predicted molar refractivity (Wildman–Crippen MR) is 99.5 cm³/mol. The van der Waals surface area contributed by atoms with E-state index in [9.17, 15) is 4.39 Å². The largest absolute Gasteiger partial charge is 0.339 e. The van der Waals surface area contributed by atoms with Gasteiger partial charge < -0.3 is 4.52 Å². The first-order chi connectivity index (χ1) is 12.6. The Kier molecular flexibility index (Phi) is 4.34. The van der Waals surface area contributed by atoms with Gasteiger partial charge in [-0.3, -0.25) is 0 Å². The van der Waals surface area contributed by atoms with Crippen LogP contribution in [0.3, 0.4) is 0 Å². The molecule has 26 heavy (non-hydrogen) atoms. The maximum atomic E-state index is 13.0. The Labute approximate surface area is 154 Å². The number of aryl methyl sites for hydroxylation is 2. The van der Waals surface area contributed by atoms with E-state index in [1.165, 1.54) is 23.3 Å². The molecule has 0 aliphatic rings. The Morgan fingerprint density at radius 1 is 1.04 bits per heavy atom. The summed E-state index contributed by atoms with van der Waals surface area (Å²) < 4.78 is 18.3. The lowest BCUT2D eigenvalue weighted by molar-refractivity contribution is 0.385. The second-order valence-corrected chi connectivity index (χ2v) is 7.08. The minimum absolute atomic E-state index is 0.292. The van der Waals surface area contributed by atoms with E-state index in [-0.39, 0.29) is 5.82 Å². The number of rotatable bonds is 4. The van der Waals surface area contributed by atoms with Crippen LogP contribution in [-0.2, 0) is 6.42 Å². The van der Waals surface area contributed by atoms with Gasteiger partial charge in [0, 0.05) is 16.5 Å². The van der Waals surface area contributed by atoms with Crippen LogP contribution in [0.5, 0.6) is 0 Å². The molecule has 0 saturated carbocycles. The van der Waals surface area contributed by atoms with Crippen LogP contribution < -0.4 is 0 Å². The second kappa shape index (κ2) is 6.80. The molecule has 130 valence electrons. The summed E-state index contributed by atoms with van der Waals surface area (Å²) in [6, 6.07) is 12.4. The van der Waals surface area contributed by atoms with Crippen LogP contribution in [0, 0.1) is 19.7 Å². The molecule has 0 amide bonds. The molecule has 2 heterocycles. The van der Waals surface area contributed by atoms with E-state index in [0.29, 0.717) is 18.1 Å². The maximum Gasteiger partial charge on any atom is 0.233 e. The zero-order valence-corrected chi connectivity index (χ0v) is 15.2. The molecule has 0 aliphatic carbocycles. The first-order valence-electron chi connectivity index (χ1n) is 8.19. The molecule has 0 unspecified atom stereocenters. The Hall–Kier alpha value is -2.86. The van der Waals surface area contributed by atoms with Gasteiger partial charge in [0.15, 0.2) is 0 Å². The Morgan fingerprint density at radius 2 is 1.85 bits per heavy atom. The molecule has 4 rings (SSSR count). The van der Waals surface area contributed by atoms with Crippen LogP contribution in [0.2, 0.25) is 0 Å². The first-order valence-corrected chi connectivity index (χ1v) is 9.07. The van der Waals surface area contributed by atoms with Crippen molar-refractivity contribution < 1.29 is 8.91 Å². The van der Waals surface area contributed by atoms with Crippen LogP contribution in [0.1, 0.15) is 22.0 Å². The highest BCUT2D eigenvalue weighted by Crippen LogP contribution is 2.27. The molecule has 0 atom stereocenters. The van der Waals surface area contributed by atoms with Crippen LogP contribution >= 0.6 is 11.3 Å². The number of thiazole rings is 1. The number of halogens is 1. The molecule has 2 aromatic heterocycles. The van der Waals surface area contributed by atoms with Crippen molar-refractivity contribution in [3.63, 3.8) is 0 Å². The SMILES string of the molecule is Cc1ccc(C)c(-c2csc(Cc3nc(-c4ccc(F)cc4)no3)n2)c1. The molecule has 6 heteroatoms. The zero-order valence-electron chi connectivity index (χ0n) is 14.4. The van der Waals surface area contributed by atoms with Gasteiger partial charge >= 0.3 is 0 Å². The molecular weight excluding hydrogens is 349 g/mol. The van der Waals surface area contributed by atoms with Crippen molar-refractivity contribution in [2.24, 2.45) is 0 Å². The van der Waals surface area contributed by atoms with Crippen LogP contribution in [0.25, 0.3) is 22.6 Å². The summed E-state index contributed by atoms with van der Waals surface area (Å²) in [6.45, 7) is 4.16. The number of hydrogen-bond acceptors (Lipinski definition) is 5. The maximum absolute atomic E-state index is 13.0. The number of hydrogen-bond donors (Lipinski definition) is 0. The van der Waals surface area contributed by atoms with Crippen LogP contribution in [0.15, 0.2) is 52.4 Å². The average molecular weight is 365 g/mol. The summed E-state index contributed by atoms with van der Waals surface area (Å²) in [7, 11) is 0. The topological polar surface area (TPSA) is 51.8 Å². The van der Waals surface area contributed by atoms with Gasteiger partial charge in [-0.1, -0.05) is 22.9 Å². The van der Waals surface area contributed by atoms with Crippen molar-refractivity contribution in [3.05, 3.63) is 75.7 Å². The summed E-state index contributed by atoms with van der Waals surface area (Å²) in [5.74, 6) is 0.650. The fraction of sp³-hybridized carbons (Fsp3) is 0.150. The van der Waals surface area contributed by atoms with E-state index in [1.807, 2.05) is 5.38 Å². The third kappa shape index (κ3) is 3.41. The van der Waals surface area contributed by atoms with Crippen molar-refractivity contribution in [3.8, 4) is 22.6 Å². The predicted octanol–water partition coefficient (Wildman–Crippen LogP) is 5.21.